The Labute approximate surface area is 132 Å². The first-order valence-electron chi connectivity index (χ1n) is 6.32. The first-order valence-corrected chi connectivity index (χ1v) is 8.84. The number of sulfonamides is 1. The summed E-state index contributed by atoms with van der Waals surface area (Å²) in [5, 5.41) is 9.27. The predicted octanol–water partition coefficient (Wildman–Crippen LogP) is 2.17. The van der Waals surface area contributed by atoms with Crippen LogP contribution in [0.3, 0.4) is 0 Å². The summed E-state index contributed by atoms with van der Waals surface area (Å²) in [5.74, 6) is -0.857. The van der Waals surface area contributed by atoms with E-state index in [0.29, 0.717) is 12.8 Å². The van der Waals surface area contributed by atoms with E-state index in [9.17, 15) is 18.3 Å². The predicted molar refractivity (Wildman–Crippen MR) is 82.9 cm³/mol. The maximum atomic E-state index is 12.6. The molecule has 2 rings (SSSR count). The van der Waals surface area contributed by atoms with Crippen LogP contribution in [-0.2, 0) is 14.8 Å². The van der Waals surface area contributed by atoms with Crippen LogP contribution in [-0.4, -0.2) is 36.4 Å². The Bertz CT molecular complexity index is 599. The van der Waals surface area contributed by atoms with E-state index in [1.54, 1.807) is 12.1 Å². The first-order chi connectivity index (χ1) is 9.32. The van der Waals surface area contributed by atoms with Crippen molar-refractivity contribution in [2.24, 2.45) is 5.92 Å². The lowest BCUT2D eigenvalue weighted by molar-refractivity contribution is -0.143. The molecule has 110 valence electrons. The SMILES string of the molecule is CC1CCN(S(=O)(=O)c2ccc(I)cc2)C(C(=O)O)C1. The van der Waals surface area contributed by atoms with Crippen molar-refractivity contribution in [1.29, 1.82) is 0 Å². The zero-order valence-electron chi connectivity index (χ0n) is 11.0. The Kier molecular flexibility index (Phi) is 4.70. The van der Waals surface area contributed by atoms with E-state index in [2.05, 4.69) is 22.6 Å². The maximum Gasteiger partial charge on any atom is 0.322 e. The molecule has 2 unspecified atom stereocenters. The second-order valence-electron chi connectivity index (χ2n) is 5.05. The van der Waals surface area contributed by atoms with E-state index in [-0.39, 0.29) is 17.4 Å². The van der Waals surface area contributed by atoms with Gasteiger partial charge in [-0.1, -0.05) is 6.92 Å². The summed E-state index contributed by atoms with van der Waals surface area (Å²) in [6, 6.07) is 5.48. The minimum Gasteiger partial charge on any atom is -0.480 e. The monoisotopic (exact) mass is 409 g/mol. The number of benzene rings is 1. The highest BCUT2D eigenvalue weighted by molar-refractivity contribution is 14.1. The number of aliphatic carboxylic acids is 1. The molecule has 5 nitrogen and oxygen atoms in total. The number of halogens is 1. The molecule has 2 atom stereocenters. The summed E-state index contributed by atoms with van der Waals surface area (Å²) in [5.41, 5.74) is 0. The Morgan fingerprint density at radius 1 is 1.35 bits per heavy atom. The summed E-state index contributed by atoms with van der Waals surface area (Å²) >= 11 is 2.09. The molecule has 1 heterocycles. The number of hydrogen-bond acceptors (Lipinski definition) is 3. The standard InChI is InChI=1S/C13H16INO4S/c1-9-6-7-15(12(8-9)13(16)17)20(18,19)11-4-2-10(14)3-5-11/h2-5,9,12H,6-8H2,1H3,(H,16,17). The van der Waals surface area contributed by atoms with Crippen LogP contribution < -0.4 is 0 Å². The van der Waals surface area contributed by atoms with Crippen molar-refractivity contribution in [1.82, 2.24) is 4.31 Å². The number of carbonyl (C=O) groups is 1. The molecule has 1 aliphatic rings. The van der Waals surface area contributed by atoms with Crippen molar-refractivity contribution in [2.45, 2.75) is 30.7 Å². The summed E-state index contributed by atoms with van der Waals surface area (Å²) in [6.45, 7) is 2.21. The summed E-state index contributed by atoms with van der Waals surface area (Å²) in [6.07, 6.45) is 1.05. The Morgan fingerprint density at radius 3 is 2.50 bits per heavy atom. The van der Waals surface area contributed by atoms with Crippen LogP contribution >= 0.6 is 22.6 Å². The van der Waals surface area contributed by atoms with Crippen LogP contribution in [0.1, 0.15) is 19.8 Å². The molecule has 7 heteroatoms. The van der Waals surface area contributed by atoms with Crippen LogP contribution in [0.25, 0.3) is 0 Å². The van der Waals surface area contributed by atoms with Gasteiger partial charge in [0.25, 0.3) is 0 Å². The first kappa shape index (κ1) is 15.7. The van der Waals surface area contributed by atoms with Gasteiger partial charge in [0.1, 0.15) is 6.04 Å². The molecule has 20 heavy (non-hydrogen) atoms. The molecule has 0 aromatic heterocycles. The second-order valence-corrected chi connectivity index (χ2v) is 8.19. The summed E-state index contributed by atoms with van der Waals surface area (Å²) in [4.78, 5) is 11.5. The van der Waals surface area contributed by atoms with E-state index in [4.69, 9.17) is 0 Å². The third-order valence-corrected chi connectivity index (χ3v) is 6.16. The highest BCUT2D eigenvalue weighted by atomic mass is 127. The number of carboxylic acid groups (broad SMARTS) is 1. The Balaban J connectivity index is 2.36. The van der Waals surface area contributed by atoms with E-state index >= 15 is 0 Å². The molecule has 0 radical (unpaired) electrons. The van der Waals surface area contributed by atoms with Crippen LogP contribution in [0.4, 0.5) is 0 Å². The number of nitrogens with zero attached hydrogens (tertiary/aromatic N) is 1. The fourth-order valence-electron chi connectivity index (χ4n) is 2.37. The number of hydrogen-bond donors (Lipinski definition) is 1. The molecule has 1 N–H and O–H groups in total. The zero-order valence-corrected chi connectivity index (χ0v) is 14.0. The zero-order chi connectivity index (χ0) is 14.9. The van der Waals surface area contributed by atoms with E-state index in [1.165, 1.54) is 12.1 Å². The van der Waals surface area contributed by atoms with Gasteiger partial charge in [-0.15, -0.1) is 0 Å². The van der Waals surface area contributed by atoms with Gasteiger partial charge >= 0.3 is 5.97 Å². The minimum atomic E-state index is -3.75. The molecular formula is C13H16INO4S. The van der Waals surface area contributed by atoms with Crippen molar-refractivity contribution in [2.75, 3.05) is 6.54 Å². The summed E-state index contributed by atoms with van der Waals surface area (Å²) in [7, 11) is -3.75. The average Bonchev–Trinajstić information content (AvgIpc) is 2.38. The van der Waals surface area contributed by atoms with Crippen molar-refractivity contribution in [3.8, 4) is 0 Å². The topological polar surface area (TPSA) is 74.7 Å². The van der Waals surface area contributed by atoms with Crippen molar-refractivity contribution < 1.29 is 18.3 Å². The maximum absolute atomic E-state index is 12.6. The van der Waals surface area contributed by atoms with Gasteiger partial charge in [0.15, 0.2) is 0 Å². The third kappa shape index (κ3) is 3.15. The third-order valence-electron chi connectivity index (χ3n) is 3.52. The highest BCUT2D eigenvalue weighted by Crippen LogP contribution is 2.28. The van der Waals surface area contributed by atoms with E-state index in [0.717, 1.165) is 7.88 Å². The molecule has 1 aromatic carbocycles. The van der Waals surface area contributed by atoms with Crippen LogP contribution in [0.2, 0.25) is 0 Å². The van der Waals surface area contributed by atoms with Crippen molar-refractivity contribution >= 4 is 38.6 Å². The molecule has 1 aliphatic heterocycles. The van der Waals surface area contributed by atoms with Crippen LogP contribution in [0.5, 0.6) is 0 Å². The number of piperidine rings is 1. The van der Waals surface area contributed by atoms with Crippen LogP contribution in [0.15, 0.2) is 29.2 Å². The normalized spacial score (nSPS) is 24.5. The second kappa shape index (κ2) is 5.98. The Hall–Kier alpha value is -0.670. The molecule has 0 aliphatic carbocycles. The van der Waals surface area contributed by atoms with Crippen molar-refractivity contribution in [3.05, 3.63) is 27.8 Å². The van der Waals surface area contributed by atoms with Gasteiger partial charge in [-0.2, -0.15) is 4.31 Å². The van der Waals surface area contributed by atoms with Gasteiger partial charge in [0, 0.05) is 10.1 Å². The van der Waals surface area contributed by atoms with E-state index < -0.39 is 22.0 Å². The molecular weight excluding hydrogens is 393 g/mol. The van der Waals surface area contributed by atoms with Crippen LogP contribution in [0, 0.1) is 9.49 Å². The molecule has 0 spiro atoms. The summed E-state index contributed by atoms with van der Waals surface area (Å²) < 4.78 is 27.2. The van der Waals surface area contributed by atoms with Crippen molar-refractivity contribution in [3.63, 3.8) is 0 Å². The largest absolute Gasteiger partial charge is 0.480 e. The van der Waals surface area contributed by atoms with Gasteiger partial charge in [0.2, 0.25) is 10.0 Å². The molecule has 1 fully saturated rings. The molecule has 0 amide bonds. The molecule has 1 aromatic rings. The van der Waals surface area contributed by atoms with E-state index in [1.807, 2.05) is 6.92 Å². The quantitative estimate of drug-likeness (QED) is 0.777. The van der Waals surface area contributed by atoms with Gasteiger partial charge in [-0.25, -0.2) is 8.42 Å². The van der Waals surface area contributed by atoms with Gasteiger partial charge in [-0.05, 0) is 65.6 Å². The fraction of sp³-hybridized carbons (Fsp3) is 0.462. The fourth-order valence-corrected chi connectivity index (χ4v) is 4.34. The highest BCUT2D eigenvalue weighted by Gasteiger charge is 2.39. The van der Waals surface area contributed by atoms with Gasteiger partial charge < -0.3 is 5.11 Å². The lowest BCUT2D eigenvalue weighted by Gasteiger charge is -2.34. The minimum absolute atomic E-state index is 0.152. The lowest BCUT2D eigenvalue weighted by atomic mass is 9.94. The molecule has 1 saturated heterocycles. The van der Waals surface area contributed by atoms with Gasteiger partial charge in [0.05, 0.1) is 4.90 Å². The number of rotatable bonds is 3. The molecule has 0 bridgehead atoms. The number of carboxylic acids is 1. The Morgan fingerprint density at radius 2 is 1.95 bits per heavy atom. The smallest absolute Gasteiger partial charge is 0.322 e. The van der Waals surface area contributed by atoms with Gasteiger partial charge in [-0.3, -0.25) is 4.79 Å². The average molecular weight is 409 g/mol. The lowest BCUT2D eigenvalue weighted by Crippen LogP contribution is -2.49. The molecule has 0 saturated carbocycles.